The third kappa shape index (κ3) is 7.60. The maximum Gasteiger partial charge on any atom is 0.191 e. The van der Waals surface area contributed by atoms with Crippen LogP contribution in [0.1, 0.15) is 43.0 Å². The van der Waals surface area contributed by atoms with Gasteiger partial charge in [0.15, 0.2) is 5.96 Å². The normalized spacial score (nSPS) is 21.1. The van der Waals surface area contributed by atoms with Gasteiger partial charge >= 0.3 is 0 Å². The number of guanidine groups is 1. The fraction of sp³-hybridized carbons (Fsp3) is 0.750. The molecule has 1 heterocycles. The van der Waals surface area contributed by atoms with Crippen molar-refractivity contribution in [3.63, 3.8) is 0 Å². The quantitative estimate of drug-likeness (QED) is 0.363. The first-order chi connectivity index (χ1) is 10.7. The van der Waals surface area contributed by atoms with Crippen LogP contribution in [-0.4, -0.2) is 41.1 Å². The molecule has 7 heteroatoms. The molecule has 1 aliphatic carbocycles. The van der Waals surface area contributed by atoms with E-state index in [9.17, 15) is 0 Å². The number of nitrogens with zero attached hydrogens (tertiary/aromatic N) is 2. The molecule has 23 heavy (non-hydrogen) atoms. The van der Waals surface area contributed by atoms with Gasteiger partial charge in [0.05, 0.1) is 5.01 Å². The van der Waals surface area contributed by atoms with Gasteiger partial charge in [0.2, 0.25) is 0 Å². The van der Waals surface area contributed by atoms with Crippen molar-refractivity contribution >= 4 is 53.0 Å². The lowest BCUT2D eigenvalue weighted by Gasteiger charge is -2.17. The van der Waals surface area contributed by atoms with Crippen LogP contribution in [0.3, 0.4) is 0 Å². The zero-order chi connectivity index (χ0) is 15.8. The Morgan fingerprint density at radius 2 is 2.26 bits per heavy atom. The van der Waals surface area contributed by atoms with E-state index in [4.69, 9.17) is 4.99 Å². The molecule has 2 unspecified atom stereocenters. The summed E-state index contributed by atoms with van der Waals surface area (Å²) in [6.45, 7) is 8.16. The molecule has 1 saturated carbocycles. The zero-order valence-corrected chi connectivity index (χ0v) is 18.3. The number of aliphatic imine (C=N–C) groups is 1. The van der Waals surface area contributed by atoms with Crippen LogP contribution in [0.2, 0.25) is 0 Å². The molecule has 1 aromatic heterocycles. The molecule has 1 fully saturated rings. The molecule has 1 aliphatic rings. The molecule has 0 aromatic carbocycles. The van der Waals surface area contributed by atoms with Crippen LogP contribution in [0.4, 0.5) is 0 Å². The monoisotopic (exact) mass is 468 g/mol. The minimum atomic E-state index is 0. The second-order valence-electron chi connectivity index (χ2n) is 5.61. The Morgan fingerprint density at radius 3 is 2.91 bits per heavy atom. The molecule has 2 rings (SSSR count). The van der Waals surface area contributed by atoms with Gasteiger partial charge in [0, 0.05) is 41.9 Å². The number of nitrogens with one attached hydrogen (secondary N) is 2. The van der Waals surface area contributed by atoms with E-state index in [1.54, 1.807) is 11.3 Å². The van der Waals surface area contributed by atoms with Gasteiger partial charge in [-0.25, -0.2) is 4.98 Å². The molecule has 0 bridgehead atoms. The lowest BCUT2D eigenvalue weighted by molar-refractivity contribution is 0.615. The minimum absolute atomic E-state index is 0. The predicted molar refractivity (Wildman–Crippen MR) is 115 cm³/mol. The standard InChI is InChI=1S/C16H28N4S2.HI/c1-4-17-16(18-9-8-15-19-11-12(3)22-15)20-13-6-7-14(10-13)21-5-2;/h11,13-14H,4-10H2,1-3H3,(H2,17,18,20);1H. The second-order valence-corrected chi connectivity index (χ2v) is 8.50. The number of thioether (sulfide) groups is 1. The maximum atomic E-state index is 4.71. The van der Waals surface area contributed by atoms with Crippen LogP contribution >= 0.6 is 47.1 Å². The average molecular weight is 468 g/mol. The maximum absolute atomic E-state index is 4.71. The predicted octanol–water partition coefficient (Wildman–Crippen LogP) is 3.84. The fourth-order valence-electron chi connectivity index (χ4n) is 2.75. The molecule has 132 valence electrons. The summed E-state index contributed by atoms with van der Waals surface area (Å²) in [6.07, 6.45) is 6.71. The molecular formula is C16H29IN4S2. The number of rotatable bonds is 7. The van der Waals surface area contributed by atoms with E-state index >= 15 is 0 Å². The highest BCUT2D eigenvalue weighted by Gasteiger charge is 2.24. The summed E-state index contributed by atoms with van der Waals surface area (Å²) in [6, 6.07) is 0.573. The van der Waals surface area contributed by atoms with Crippen LogP contribution in [0.25, 0.3) is 0 Å². The Morgan fingerprint density at radius 1 is 1.43 bits per heavy atom. The molecule has 2 N–H and O–H groups in total. The van der Waals surface area contributed by atoms with Crippen molar-refractivity contribution in [2.24, 2.45) is 4.99 Å². The van der Waals surface area contributed by atoms with E-state index < -0.39 is 0 Å². The molecule has 0 aliphatic heterocycles. The average Bonchev–Trinajstić information content (AvgIpc) is 3.09. The third-order valence-corrected chi connectivity index (χ3v) is 5.94. The Bertz CT molecular complexity index is 478. The van der Waals surface area contributed by atoms with Crippen LogP contribution in [0.15, 0.2) is 11.2 Å². The van der Waals surface area contributed by atoms with Gasteiger partial charge in [-0.15, -0.1) is 35.3 Å². The molecule has 2 atom stereocenters. The van der Waals surface area contributed by atoms with Gasteiger partial charge in [-0.2, -0.15) is 11.8 Å². The topological polar surface area (TPSA) is 49.3 Å². The van der Waals surface area contributed by atoms with Crippen LogP contribution < -0.4 is 10.6 Å². The fourth-order valence-corrected chi connectivity index (χ4v) is 4.67. The van der Waals surface area contributed by atoms with Gasteiger partial charge in [-0.1, -0.05) is 6.92 Å². The van der Waals surface area contributed by atoms with Crippen molar-refractivity contribution in [1.82, 2.24) is 15.6 Å². The summed E-state index contributed by atoms with van der Waals surface area (Å²) < 4.78 is 0. The first kappa shape index (κ1) is 21.0. The number of thiazole rings is 1. The van der Waals surface area contributed by atoms with Crippen molar-refractivity contribution in [3.05, 3.63) is 16.1 Å². The van der Waals surface area contributed by atoms with Crippen molar-refractivity contribution in [2.75, 3.05) is 18.8 Å². The summed E-state index contributed by atoms with van der Waals surface area (Å²) in [4.78, 5) is 10.4. The van der Waals surface area contributed by atoms with Crippen molar-refractivity contribution in [3.8, 4) is 0 Å². The van der Waals surface area contributed by atoms with Crippen molar-refractivity contribution in [1.29, 1.82) is 0 Å². The number of aromatic nitrogens is 1. The zero-order valence-electron chi connectivity index (χ0n) is 14.3. The lowest BCUT2D eigenvalue weighted by atomic mass is 10.2. The van der Waals surface area contributed by atoms with Gasteiger partial charge < -0.3 is 10.6 Å². The number of hydrogen-bond donors (Lipinski definition) is 2. The van der Waals surface area contributed by atoms with Gasteiger partial charge in [0.1, 0.15) is 0 Å². The Kier molecular flexibility index (Phi) is 10.5. The molecule has 0 amide bonds. The molecule has 0 spiro atoms. The molecule has 0 saturated heterocycles. The second kappa shape index (κ2) is 11.5. The summed E-state index contributed by atoms with van der Waals surface area (Å²) in [5.74, 6) is 2.18. The van der Waals surface area contributed by atoms with E-state index in [0.717, 1.165) is 30.7 Å². The number of halogens is 1. The van der Waals surface area contributed by atoms with Gasteiger partial charge in [-0.05, 0) is 38.9 Å². The largest absolute Gasteiger partial charge is 0.357 e. The third-order valence-electron chi connectivity index (χ3n) is 3.74. The summed E-state index contributed by atoms with van der Waals surface area (Å²) >= 11 is 3.86. The van der Waals surface area contributed by atoms with Crippen LogP contribution in [0, 0.1) is 6.92 Å². The molecular weight excluding hydrogens is 439 g/mol. The number of aryl methyl sites for hydroxylation is 1. The smallest absolute Gasteiger partial charge is 0.191 e. The first-order valence-corrected chi connectivity index (χ1v) is 10.2. The first-order valence-electron chi connectivity index (χ1n) is 8.29. The van der Waals surface area contributed by atoms with Crippen LogP contribution in [0.5, 0.6) is 0 Å². The summed E-state index contributed by atoms with van der Waals surface area (Å²) in [7, 11) is 0. The highest BCUT2D eigenvalue weighted by Crippen LogP contribution is 2.29. The van der Waals surface area contributed by atoms with Crippen molar-refractivity contribution < 1.29 is 0 Å². The Hall–Kier alpha value is -0.0200. The molecule has 0 radical (unpaired) electrons. The van der Waals surface area contributed by atoms with E-state index in [1.165, 1.54) is 34.9 Å². The van der Waals surface area contributed by atoms with E-state index in [-0.39, 0.29) is 24.0 Å². The SMILES string of the molecule is CCNC(=NCCc1ncc(C)s1)NC1CCC(SCC)C1.I. The van der Waals surface area contributed by atoms with E-state index in [2.05, 4.69) is 48.2 Å². The van der Waals surface area contributed by atoms with Gasteiger partial charge in [0.25, 0.3) is 0 Å². The van der Waals surface area contributed by atoms with E-state index in [1.807, 2.05) is 6.20 Å². The van der Waals surface area contributed by atoms with Crippen LogP contribution in [-0.2, 0) is 6.42 Å². The lowest BCUT2D eigenvalue weighted by Crippen LogP contribution is -2.42. The Labute approximate surface area is 165 Å². The molecule has 1 aromatic rings. The minimum Gasteiger partial charge on any atom is -0.357 e. The van der Waals surface area contributed by atoms with Crippen molar-refractivity contribution in [2.45, 2.75) is 57.7 Å². The van der Waals surface area contributed by atoms with Gasteiger partial charge in [-0.3, -0.25) is 4.99 Å². The highest BCUT2D eigenvalue weighted by molar-refractivity contribution is 14.0. The molecule has 4 nitrogen and oxygen atoms in total. The summed E-state index contributed by atoms with van der Waals surface area (Å²) in [5.41, 5.74) is 0. The number of hydrogen-bond acceptors (Lipinski definition) is 4. The van der Waals surface area contributed by atoms with E-state index in [0.29, 0.717) is 6.04 Å². The Balaban J connectivity index is 0.00000264. The highest BCUT2D eigenvalue weighted by atomic mass is 127. The summed E-state index contributed by atoms with van der Waals surface area (Å²) in [5, 5.41) is 8.97.